The average molecular weight is 375 g/mol. The Hall–Kier alpha value is -2.75. The third kappa shape index (κ3) is 5.68. The largest absolute Gasteiger partial charge is 0.404 e. The minimum atomic E-state index is -2.75. The van der Waals surface area contributed by atoms with Crippen molar-refractivity contribution in [3.05, 3.63) is 45.0 Å². The number of carbonyl (C=O) groups is 1. The molecule has 0 atom stereocenters. The minimum absolute atomic E-state index is 0.0381. The van der Waals surface area contributed by atoms with Crippen LogP contribution in [0.15, 0.2) is 28.8 Å². The number of nitrogens with zero attached hydrogens (tertiary/aromatic N) is 1. The molecule has 0 bridgehead atoms. The molecule has 0 aliphatic carbocycles. The van der Waals surface area contributed by atoms with E-state index in [4.69, 9.17) is 28.2 Å². The Balaban J connectivity index is 2.83. The third-order valence-electron chi connectivity index (χ3n) is 3.06. The second-order valence-corrected chi connectivity index (χ2v) is 5.28. The molecule has 11 heteroatoms. The molecule has 0 unspecified atom stereocenters. The first-order valence-electron chi connectivity index (χ1n) is 6.94. The van der Waals surface area contributed by atoms with Crippen molar-refractivity contribution in [1.82, 2.24) is 15.2 Å². The predicted octanol–water partition coefficient (Wildman–Crippen LogP) is 1.14. The maximum atomic E-state index is 12.6. The molecule has 25 heavy (non-hydrogen) atoms. The van der Waals surface area contributed by atoms with Crippen molar-refractivity contribution in [1.29, 1.82) is 10.8 Å². The maximum absolute atomic E-state index is 12.6. The van der Waals surface area contributed by atoms with E-state index in [2.05, 4.69) is 10.3 Å². The second kappa shape index (κ2) is 8.92. The smallest absolute Gasteiger partial charge is 0.266 e. The van der Waals surface area contributed by atoms with Crippen LogP contribution in [0.5, 0.6) is 0 Å². The highest BCUT2D eigenvalue weighted by atomic mass is 35.5. The number of hydrogen-bond donors (Lipinski definition) is 5. The molecule has 0 saturated heterocycles. The molecule has 6 N–H and O–H groups in total. The van der Waals surface area contributed by atoms with Gasteiger partial charge in [-0.25, -0.2) is 8.78 Å². The molecule has 0 fully saturated rings. The number of nitrogens with one attached hydrogen (secondary N) is 4. The van der Waals surface area contributed by atoms with Crippen molar-refractivity contribution in [2.24, 2.45) is 5.73 Å². The van der Waals surface area contributed by atoms with Crippen molar-refractivity contribution in [2.75, 3.05) is 13.1 Å². The van der Waals surface area contributed by atoms with Crippen LogP contribution < -0.4 is 16.6 Å². The number of halogens is 3. The summed E-state index contributed by atoms with van der Waals surface area (Å²) in [5.74, 6) is -1.30. The summed E-state index contributed by atoms with van der Waals surface area (Å²) < 4.78 is 25.2. The first kappa shape index (κ1) is 20.3. The van der Waals surface area contributed by atoms with Crippen LogP contribution in [-0.4, -0.2) is 47.0 Å². The van der Waals surface area contributed by atoms with Gasteiger partial charge >= 0.3 is 0 Å². The molecule has 1 aromatic rings. The van der Waals surface area contributed by atoms with E-state index < -0.39 is 30.3 Å². The average Bonchev–Trinajstić information content (AvgIpc) is 2.54. The minimum Gasteiger partial charge on any atom is -0.404 e. The number of aromatic nitrogens is 1. The van der Waals surface area contributed by atoms with E-state index in [1.807, 2.05) is 0 Å². The van der Waals surface area contributed by atoms with E-state index in [-0.39, 0.29) is 28.5 Å². The van der Waals surface area contributed by atoms with Crippen LogP contribution in [0.1, 0.15) is 17.3 Å². The van der Waals surface area contributed by atoms with Gasteiger partial charge in [-0.3, -0.25) is 20.4 Å². The number of pyridine rings is 1. The number of carbonyl (C=O) groups excluding carboxylic acids is 1. The molecule has 0 spiro atoms. The van der Waals surface area contributed by atoms with Crippen molar-refractivity contribution in [3.8, 4) is 0 Å². The predicted molar refractivity (Wildman–Crippen MR) is 90.5 cm³/mol. The molecule has 0 aliphatic heterocycles. The number of hydrogen-bond acceptors (Lipinski definition) is 5. The quantitative estimate of drug-likeness (QED) is 0.376. The summed E-state index contributed by atoms with van der Waals surface area (Å²) in [5.41, 5.74) is 4.96. The van der Waals surface area contributed by atoms with Gasteiger partial charge in [-0.1, -0.05) is 11.6 Å². The summed E-state index contributed by atoms with van der Waals surface area (Å²) in [6, 6.07) is 1.16. The number of H-pyrrole nitrogens is 1. The van der Waals surface area contributed by atoms with Gasteiger partial charge in [0, 0.05) is 24.5 Å². The number of rotatable bonds is 6. The lowest BCUT2D eigenvalue weighted by molar-refractivity contribution is 0.0956. The van der Waals surface area contributed by atoms with E-state index in [9.17, 15) is 18.4 Å². The number of nitrogens with two attached hydrogens (primary N) is 1. The molecule has 0 saturated carbocycles. The zero-order chi connectivity index (χ0) is 19.1. The van der Waals surface area contributed by atoms with E-state index in [1.165, 1.54) is 6.92 Å². The Bertz CT molecular complexity index is 762. The molecule has 136 valence electrons. The van der Waals surface area contributed by atoms with Crippen LogP contribution >= 0.6 is 11.6 Å². The van der Waals surface area contributed by atoms with Crippen LogP contribution in [0, 0.1) is 10.8 Å². The molecule has 8 nitrogen and oxygen atoms in total. The van der Waals surface area contributed by atoms with Gasteiger partial charge in [0.1, 0.15) is 10.9 Å². The topological polar surface area (TPSA) is 139 Å². The Labute approximate surface area is 146 Å². The fourth-order valence-corrected chi connectivity index (χ4v) is 1.97. The molecule has 0 aliphatic rings. The lowest BCUT2D eigenvalue weighted by atomic mass is 10.2. The highest BCUT2D eigenvalue weighted by Crippen LogP contribution is 2.07. The van der Waals surface area contributed by atoms with E-state index in [0.29, 0.717) is 0 Å². The lowest BCUT2D eigenvalue weighted by Gasteiger charge is -2.25. The Morgan fingerprint density at radius 3 is 2.64 bits per heavy atom. The van der Waals surface area contributed by atoms with Crippen LogP contribution in [0.25, 0.3) is 0 Å². The van der Waals surface area contributed by atoms with Crippen LogP contribution in [0.2, 0.25) is 5.02 Å². The summed E-state index contributed by atoms with van der Waals surface area (Å²) >= 11 is 5.63. The number of aromatic amines is 1. The third-order valence-corrected chi connectivity index (χ3v) is 3.34. The van der Waals surface area contributed by atoms with Crippen molar-refractivity contribution < 1.29 is 13.6 Å². The maximum Gasteiger partial charge on any atom is 0.266 e. The van der Waals surface area contributed by atoms with Crippen LogP contribution in [-0.2, 0) is 0 Å². The first-order chi connectivity index (χ1) is 11.7. The Morgan fingerprint density at radius 2 is 2.16 bits per heavy atom. The monoisotopic (exact) mass is 374 g/mol. The van der Waals surface area contributed by atoms with Gasteiger partial charge in [0.2, 0.25) is 0 Å². The number of amidine groups is 2. The Kier molecular flexibility index (Phi) is 7.24. The zero-order valence-electron chi connectivity index (χ0n) is 13.2. The van der Waals surface area contributed by atoms with Gasteiger partial charge in [-0.05, 0) is 13.0 Å². The Morgan fingerprint density at radius 1 is 1.52 bits per heavy atom. The second-order valence-electron chi connectivity index (χ2n) is 4.88. The van der Waals surface area contributed by atoms with Gasteiger partial charge in [-0.2, -0.15) is 0 Å². The lowest BCUT2D eigenvalue weighted by Crippen LogP contribution is -2.41. The van der Waals surface area contributed by atoms with E-state index in [1.54, 1.807) is 0 Å². The summed E-state index contributed by atoms with van der Waals surface area (Å²) in [6.07, 6.45) is -0.604. The van der Waals surface area contributed by atoms with E-state index in [0.717, 1.165) is 23.4 Å². The molecular formula is C14H17ClF2N6O2. The van der Waals surface area contributed by atoms with E-state index >= 15 is 0 Å². The van der Waals surface area contributed by atoms with Crippen molar-refractivity contribution in [2.45, 2.75) is 13.3 Å². The van der Waals surface area contributed by atoms with Gasteiger partial charge in [0.15, 0.2) is 0 Å². The molecule has 0 radical (unpaired) electrons. The fourth-order valence-electron chi connectivity index (χ4n) is 1.79. The summed E-state index contributed by atoms with van der Waals surface area (Å²) in [4.78, 5) is 26.2. The molecular weight excluding hydrogens is 358 g/mol. The normalized spacial score (nSPS) is 11.3. The van der Waals surface area contributed by atoms with Gasteiger partial charge in [-0.15, -0.1) is 0 Å². The van der Waals surface area contributed by atoms with Crippen molar-refractivity contribution >= 4 is 29.2 Å². The first-order valence-corrected chi connectivity index (χ1v) is 7.32. The molecule has 1 aromatic heterocycles. The SMILES string of the molecule is CC(=N)N(CC(F)F)C(=N)C(=CN)CNC(=O)c1c[nH]c(=O)c(Cl)c1. The van der Waals surface area contributed by atoms with Crippen LogP contribution in [0.3, 0.4) is 0 Å². The fraction of sp³-hybridized carbons (Fsp3) is 0.286. The summed E-state index contributed by atoms with van der Waals surface area (Å²) in [6.45, 7) is 0.179. The van der Waals surface area contributed by atoms with Crippen LogP contribution in [0.4, 0.5) is 8.78 Å². The molecule has 0 aromatic carbocycles. The molecule has 1 rings (SSSR count). The zero-order valence-corrected chi connectivity index (χ0v) is 14.0. The molecule has 1 amide bonds. The van der Waals surface area contributed by atoms with Gasteiger partial charge in [0.25, 0.3) is 17.9 Å². The van der Waals surface area contributed by atoms with Gasteiger partial charge < -0.3 is 20.9 Å². The highest BCUT2D eigenvalue weighted by Gasteiger charge is 2.20. The summed E-state index contributed by atoms with van der Waals surface area (Å²) in [5, 5.41) is 17.7. The summed E-state index contributed by atoms with van der Waals surface area (Å²) in [7, 11) is 0. The van der Waals surface area contributed by atoms with Gasteiger partial charge in [0.05, 0.1) is 17.9 Å². The molecule has 1 heterocycles. The highest BCUT2D eigenvalue weighted by molar-refractivity contribution is 6.30. The standard InChI is InChI=1S/C14H17ClF2N6O2/c1-7(19)23(6-11(16)17)12(20)9(3-18)5-21-13(24)8-2-10(15)14(25)22-4-8/h2-4,11,19-20H,5-6,18H2,1H3,(H,21,24)(H,22,25). The number of alkyl halides is 2. The number of amides is 1. The van der Waals surface area contributed by atoms with Crippen molar-refractivity contribution in [3.63, 3.8) is 0 Å².